The Morgan fingerprint density at radius 1 is 1.50 bits per heavy atom. The summed E-state index contributed by atoms with van der Waals surface area (Å²) in [7, 11) is 1.65. The number of hydrogen-bond acceptors (Lipinski definition) is 4. The average molecular weight is 313 g/mol. The fraction of sp³-hybridized carbons (Fsp3) is 0.385. The minimum Gasteiger partial charge on any atom is -0.496 e. The molecule has 1 atom stereocenters. The summed E-state index contributed by atoms with van der Waals surface area (Å²) in [5.41, 5.74) is 3.76. The van der Waals surface area contributed by atoms with Gasteiger partial charge in [-0.1, -0.05) is 22.0 Å². The summed E-state index contributed by atoms with van der Waals surface area (Å²) in [6, 6.07) is 5.69. The number of ether oxygens (including phenoxy) is 2. The molecule has 0 spiro atoms. The van der Waals surface area contributed by atoms with Gasteiger partial charge in [-0.3, -0.25) is 5.84 Å². The Balaban J connectivity index is 2.34. The summed E-state index contributed by atoms with van der Waals surface area (Å²) < 4.78 is 12.0. The molecule has 98 valence electrons. The molecule has 1 aromatic rings. The second-order valence-electron chi connectivity index (χ2n) is 4.08. The van der Waals surface area contributed by atoms with Gasteiger partial charge in [-0.2, -0.15) is 0 Å². The number of hydrazine groups is 1. The van der Waals surface area contributed by atoms with Crippen LogP contribution in [0.5, 0.6) is 5.75 Å². The summed E-state index contributed by atoms with van der Waals surface area (Å²) >= 11 is 3.43. The van der Waals surface area contributed by atoms with Crippen LogP contribution < -0.4 is 16.0 Å². The first-order valence-corrected chi connectivity index (χ1v) is 6.68. The molecule has 1 aliphatic rings. The van der Waals surface area contributed by atoms with E-state index < -0.39 is 0 Å². The minimum absolute atomic E-state index is 0.173. The van der Waals surface area contributed by atoms with Gasteiger partial charge in [-0.25, -0.2) is 5.43 Å². The number of nitrogens with two attached hydrogens (primary N) is 1. The molecule has 0 aliphatic carbocycles. The molecule has 18 heavy (non-hydrogen) atoms. The molecular weight excluding hydrogens is 296 g/mol. The molecule has 0 amide bonds. The van der Waals surface area contributed by atoms with Crippen molar-refractivity contribution in [3.63, 3.8) is 0 Å². The number of rotatable bonds is 4. The summed E-state index contributed by atoms with van der Waals surface area (Å²) in [6.45, 7) is 0.739. The van der Waals surface area contributed by atoms with Crippen LogP contribution in [0.1, 0.15) is 24.4 Å². The lowest BCUT2D eigenvalue weighted by Gasteiger charge is -2.24. The van der Waals surface area contributed by atoms with Crippen molar-refractivity contribution in [3.05, 3.63) is 40.1 Å². The van der Waals surface area contributed by atoms with Gasteiger partial charge in [0.15, 0.2) is 0 Å². The highest BCUT2D eigenvalue weighted by Gasteiger charge is 2.22. The molecule has 0 saturated carbocycles. The normalized spacial score (nSPS) is 16.7. The number of nitrogens with one attached hydrogen (secondary N) is 1. The van der Waals surface area contributed by atoms with Crippen LogP contribution in [0.4, 0.5) is 0 Å². The molecule has 1 aliphatic heterocycles. The second-order valence-corrected chi connectivity index (χ2v) is 5.00. The molecule has 0 aromatic heterocycles. The SMILES string of the molecule is COc1cc(Br)ccc1C(NN)C1=CCCCO1. The van der Waals surface area contributed by atoms with Crippen molar-refractivity contribution in [3.8, 4) is 5.75 Å². The Kier molecular flexibility index (Phi) is 4.63. The lowest BCUT2D eigenvalue weighted by Crippen LogP contribution is -2.31. The lowest BCUT2D eigenvalue weighted by atomic mass is 10.0. The first-order chi connectivity index (χ1) is 8.76. The third-order valence-corrected chi connectivity index (χ3v) is 3.41. The van der Waals surface area contributed by atoms with E-state index in [0.29, 0.717) is 0 Å². The molecule has 0 saturated heterocycles. The van der Waals surface area contributed by atoms with Gasteiger partial charge in [0, 0.05) is 10.0 Å². The number of halogens is 1. The van der Waals surface area contributed by atoms with Crippen molar-refractivity contribution in [2.45, 2.75) is 18.9 Å². The van der Waals surface area contributed by atoms with Gasteiger partial charge < -0.3 is 9.47 Å². The topological polar surface area (TPSA) is 56.5 Å². The maximum absolute atomic E-state index is 5.67. The second kappa shape index (κ2) is 6.22. The zero-order valence-corrected chi connectivity index (χ0v) is 11.9. The van der Waals surface area contributed by atoms with Crippen LogP contribution in [0.3, 0.4) is 0 Å². The van der Waals surface area contributed by atoms with Crippen LogP contribution in [0.15, 0.2) is 34.5 Å². The molecular formula is C13H17BrN2O2. The fourth-order valence-electron chi connectivity index (χ4n) is 2.03. The van der Waals surface area contributed by atoms with Gasteiger partial charge in [-0.15, -0.1) is 0 Å². The van der Waals surface area contributed by atoms with Crippen molar-refractivity contribution < 1.29 is 9.47 Å². The zero-order valence-electron chi connectivity index (χ0n) is 10.3. The first-order valence-electron chi connectivity index (χ1n) is 5.88. The Hall–Kier alpha value is -1.04. The van der Waals surface area contributed by atoms with Crippen molar-refractivity contribution in [2.24, 2.45) is 5.84 Å². The van der Waals surface area contributed by atoms with Crippen LogP contribution in [-0.4, -0.2) is 13.7 Å². The van der Waals surface area contributed by atoms with E-state index in [-0.39, 0.29) is 6.04 Å². The molecule has 0 radical (unpaired) electrons. The molecule has 2 rings (SSSR count). The Labute approximate surface area is 115 Å². The molecule has 5 heteroatoms. The molecule has 1 aromatic carbocycles. The van der Waals surface area contributed by atoms with E-state index in [1.54, 1.807) is 7.11 Å². The fourth-order valence-corrected chi connectivity index (χ4v) is 2.37. The maximum Gasteiger partial charge on any atom is 0.125 e. The van der Waals surface area contributed by atoms with Gasteiger partial charge in [0.2, 0.25) is 0 Å². The van der Waals surface area contributed by atoms with Crippen LogP contribution in [0.25, 0.3) is 0 Å². The highest BCUT2D eigenvalue weighted by Crippen LogP contribution is 2.33. The van der Waals surface area contributed by atoms with E-state index in [1.165, 1.54) is 0 Å². The van der Waals surface area contributed by atoms with Crippen LogP contribution in [0, 0.1) is 0 Å². The number of hydrogen-bond donors (Lipinski definition) is 2. The number of benzene rings is 1. The van der Waals surface area contributed by atoms with E-state index in [9.17, 15) is 0 Å². The summed E-state index contributed by atoms with van der Waals surface area (Å²) in [4.78, 5) is 0. The van der Waals surface area contributed by atoms with Crippen molar-refractivity contribution in [1.29, 1.82) is 0 Å². The smallest absolute Gasteiger partial charge is 0.125 e. The Morgan fingerprint density at radius 3 is 2.94 bits per heavy atom. The number of methoxy groups -OCH3 is 1. The van der Waals surface area contributed by atoms with E-state index in [2.05, 4.69) is 27.4 Å². The Morgan fingerprint density at radius 2 is 2.33 bits per heavy atom. The summed E-state index contributed by atoms with van der Waals surface area (Å²) in [5, 5.41) is 0. The molecule has 1 heterocycles. The quantitative estimate of drug-likeness (QED) is 0.663. The molecule has 3 N–H and O–H groups in total. The minimum atomic E-state index is -0.173. The largest absolute Gasteiger partial charge is 0.496 e. The monoisotopic (exact) mass is 312 g/mol. The first kappa shape index (κ1) is 13.4. The Bertz CT molecular complexity index is 449. The zero-order chi connectivity index (χ0) is 13.0. The predicted molar refractivity (Wildman–Crippen MR) is 74.0 cm³/mol. The van der Waals surface area contributed by atoms with Gasteiger partial charge in [0.25, 0.3) is 0 Å². The van der Waals surface area contributed by atoms with Gasteiger partial charge >= 0.3 is 0 Å². The van der Waals surface area contributed by atoms with Crippen molar-refractivity contribution >= 4 is 15.9 Å². The molecule has 1 unspecified atom stereocenters. The lowest BCUT2D eigenvalue weighted by molar-refractivity contribution is 0.167. The maximum atomic E-state index is 5.67. The van der Waals surface area contributed by atoms with E-state index in [0.717, 1.165) is 41.0 Å². The van der Waals surface area contributed by atoms with Gasteiger partial charge in [0.1, 0.15) is 17.6 Å². The highest BCUT2D eigenvalue weighted by atomic mass is 79.9. The molecule has 4 nitrogen and oxygen atoms in total. The number of allylic oxidation sites excluding steroid dienone is 1. The highest BCUT2D eigenvalue weighted by molar-refractivity contribution is 9.10. The average Bonchev–Trinajstić information content (AvgIpc) is 2.42. The van der Waals surface area contributed by atoms with Crippen molar-refractivity contribution in [2.75, 3.05) is 13.7 Å². The summed E-state index contributed by atoms with van der Waals surface area (Å²) in [6.07, 6.45) is 4.15. The molecule has 0 fully saturated rings. The predicted octanol–water partition coefficient (Wildman–Crippen LogP) is 2.66. The van der Waals surface area contributed by atoms with E-state index in [1.807, 2.05) is 18.2 Å². The van der Waals surface area contributed by atoms with Crippen LogP contribution in [0.2, 0.25) is 0 Å². The van der Waals surface area contributed by atoms with Gasteiger partial charge in [0.05, 0.1) is 13.7 Å². The van der Waals surface area contributed by atoms with Crippen LogP contribution in [-0.2, 0) is 4.74 Å². The molecule has 0 bridgehead atoms. The van der Waals surface area contributed by atoms with Crippen LogP contribution >= 0.6 is 15.9 Å². The van der Waals surface area contributed by atoms with E-state index >= 15 is 0 Å². The third kappa shape index (κ3) is 2.85. The van der Waals surface area contributed by atoms with Crippen molar-refractivity contribution in [1.82, 2.24) is 5.43 Å². The summed E-state index contributed by atoms with van der Waals surface area (Å²) in [5.74, 6) is 7.30. The third-order valence-electron chi connectivity index (χ3n) is 2.92. The van der Waals surface area contributed by atoms with Gasteiger partial charge in [-0.05, 0) is 31.1 Å². The van der Waals surface area contributed by atoms with E-state index in [4.69, 9.17) is 15.3 Å². The standard InChI is InChI=1S/C13H17BrN2O2/c1-17-12-8-9(14)5-6-10(12)13(16-15)11-4-2-3-7-18-11/h4-6,8,13,16H,2-3,7,15H2,1H3.